The van der Waals surface area contributed by atoms with E-state index in [0.29, 0.717) is 39.3 Å². The maximum Gasteiger partial charge on any atom is 0.314 e. The van der Waals surface area contributed by atoms with Gasteiger partial charge in [0.15, 0.2) is 0 Å². The van der Waals surface area contributed by atoms with E-state index in [4.69, 9.17) is 14.6 Å². The lowest BCUT2D eigenvalue weighted by Gasteiger charge is -2.16. The normalized spacial score (nSPS) is 21.6. The van der Waals surface area contributed by atoms with Gasteiger partial charge in [0.2, 0.25) is 0 Å². The van der Waals surface area contributed by atoms with Crippen molar-refractivity contribution < 1.29 is 24.2 Å². The Kier molecular flexibility index (Phi) is 7.98. The molecule has 116 valence electrons. The van der Waals surface area contributed by atoms with Crippen molar-refractivity contribution in [1.29, 1.82) is 0 Å². The summed E-state index contributed by atoms with van der Waals surface area (Å²) in [4.78, 5) is 22.5. The Hall–Kier alpha value is -1.34. The van der Waals surface area contributed by atoms with Gasteiger partial charge in [0.25, 0.3) is 0 Å². The number of carboxylic acid groups (broad SMARTS) is 1. The Labute approximate surface area is 119 Å². The fraction of sp³-hybridized carbons (Fsp3) is 0.846. The van der Waals surface area contributed by atoms with Gasteiger partial charge in [0, 0.05) is 20.2 Å². The predicted molar refractivity (Wildman–Crippen MR) is 72.6 cm³/mol. The molecule has 1 aliphatic carbocycles. The molecule has 0 aliphatic heterocycles. The standard InChI is InChI=1S/C13H24N2O5/c1-19-7-8-20-6-5-14-13(18)15-9-10-3-2-4-11(10)12(16)17/h10-11H,2-9H2,1H3,(H,16,17)(H2,14,15,18). The average Bonchev–Trinajstić information content (AvgIpc) is 2.89. The molecule has 0 aromatic carbocycles. The predicted octanol–water partition coefficient (Wildman–Crippen LogP) is 0.450. The van der Waals surface area contributed by atoms with Crippen LogP contribution in [0.1, 0.15) is 19.3 Å². The highest BCUT2D eigenvalue weighted by Crippen LogP contribution is 2.31. The lowest BCUT2D eigenvalue weighted by atomic mass is 9.96. The van der Waals surface area contributed by atoms with Crippen LogP contribution in [0.25, 0.3) is 0 Å². The molecular weight excluding hydrogens is 264 g/mol. The van der Waals surface area contributed by atoms with E-state index < -0.39 is 5.97 Å². The summed E-state index contributed by atoms with van der Waals surface area (Å²) in [6, 6.07) is -0.281. The third-order valence-electron chi connectivity index (χ3n) is 3.46. The number of carbonyl (C=O) groups excluding carboxylic acids is 1. The van der Waals surface area contributed by atoms with E-state index in [0.717, 1.165) is 12.8 Å². The van der Waals surface area contributed by atoms with Gasteiger partial charge in [0.1, 0.15) is 0 Å². The lowest BCUT2D eigenvalue weighted by molar-refractivity contribution is -0.142. The van der Waals surface area contributed by atoms with Gasteiger partial charge in [-0.1, -0.05) is 6.42 Å². The summed E-state index contributed by atoms with van der Waals surface area (Å²) in [5.41, 5.74) is 0. The van der Waals surface area contributed by atoms with Crippen molar-refractivity contribution in [3.8, 4) is 0 Å². The van der Waals surface area contributed by atoms with E-state index in [1.54, 1.807) is 7.11 Å². The number of methoxy groups -OCH3 is 1. The molecule has 0 radical (unpaired) electrons. The second kappa shape index (κ2) is 9.55. The van der Waals surface area contributed by atoms with Gasteiger partial charge < -0.3 is 25.2 Å². The largest absolute Gasteiger partial charge is 0.481 e. The maximum atomic E-state index is 11.5. The Balaban J connectivity index is 2.06. The smallest absolute Gasteiger partial charge is 0.314 e. The van der Waals surface area contributed by atoms with E-state index in [-0.39, 0.29) is 17.9 Å². The summed E-state index contributed by atoms with van der Waals surface area (Å²) in [7, 11) is 1.60. The zero-order chi connectivity index (χ0) is 14.8. The SMILES string of the molecule is COCCOCCNC(=O)NCC1CCCC1C(=O)O. The molecule has 2 atom stereocenters. The zero-order valence-corrected chi connectivity index (χ0v) is 11.9. The Morgan fingerprint density at radius 2 is 2.00 bits per heavy atom. The Bertz CT molecular complexity index is 311. The molecule has 1 fully saturated rings. The number of nitrogens with one attached hydrogen (secondary N) is 2. The Morgan fingerprint density at radius 1 is 1.20 bits per heavy atom. The summed E-state index contributed by atoms with van der Waals surface area (Å²) in [6.07, 6.45) is 2.48. The third-order valence-corrected chi connectivity index (χ3v) is 3.46. The fourth-order valence-corrected chi connectivity index (χ4v) is 2.37. The molecule has 0 bridgehead atoms. The van der Waals surface area contributed by atoms with Gasteiger partial charge in [-0.05, 0) is 18.8 Å². The van der Waals surface area contributed by atoms with Crippen LogP contribution in [0.2, 0.25) is 0 Å². The van der Waals surface area contributed by atoms with Gasteiger partial charge in [-0.25, -0.2) is 4.79 Å². The van der Waals surface area contributed by atoms with Crippen molar-refractivity contribution in [1.82, 2.24) is 10.6 Å². The monoisotopic (exact) mass is 288 g/mol. The molecule has 0 spiro atoms. The number of ether oxygens (including phenoxy) is 2. The van der Waals surface area contributed by atoms with Crippen LogP contribution in [-0.2, 0) is 14.3 Å². The van der Waals surface area contributed by atoms with E-state index in [1.165, 1.54) is 0 Å². The molecule has 0 aromatic rings. The van der Waals surface area contributed by atoms with Crippen LogP contribution in [0.3, 0.4) is 0 Å². The fourth-order valence-electron chi connectivity index (χ4n) is 2.37. The summed E-state index contributed by atoms with van der Waals surface area (Å²) in [6.45, 7) is 2.29. The van der Waals surface area contributed by atoms with Gasteiger partial charge in [-0.15, -0.1) is 0 Å². The number of amides is 2. The summed E-state index contributed by atoms with van der Waals surface area (Å²) in [5, 5.41) is 14.4. The molecule has 2 unspecified atom stereocenters. The van der Waals surface area contributed by atoms with Crippen molar-refractivity contribution in [2.75, 3.05) is 40.0 Å². The van der Waals surface area contributed by atoms with E-state index in [2.05, 4.69) is 10.6 Å². The molecule has 0 aromatic heterocycles. The number of urea groups is 1. The first-order chi connectivity index (χ1) is 9.65. The van der Waals surface area contributed by atoms with Crippen LogP contribution >= 0.6 is 0 Å². The molecular formula is C13H24N2O5. The quantitative estimate of drug-likeness (QED) is 0.535. The van der Waals surface area contributed by atoms with Crippen molar-refractivity contribution in [3.05, 3.63) is 0 Å². The maximum absolute atomic E-state index is 11.5. The highest BCUT2D eigenvalue weighted by atomic mass is 16.5. The second-order valence-electron chi connectivity index (χ2n) is 4.88. The number of hydrogen-bond acceptors (Lipinski definition) is 4. The van der Waals surface area contributed by atoms with Crippen LogP contribution in [-0.4, -0.2) is 57.1 Å². The zero-order valence-electron chi connectivity index (χ0n) is 11.9. The summed E-state index contributed by atoms with van der Waals surface area (Å²) >= 11 is 0. The first-order valence-electron chi connectivity index (χ1n) is 6.96. The van der Waals surface area contributed by atoms with Crippen molar-refractivity contribution >= 4 is 12.0 Å². The molecule has 1 aliphatic rings. The molecule has 0 heterocycles. The minimum Gasteiger partial charge on any atom is -0.481 e. The molecule has 7 nitrogen and oxygen atoms in total. The highest BCUT2D eigenvalue weighted by Gasteiger charge is 2.32. The summed E-state index contributed by atoms with van der Waals surface area (Å²) < 4.78 is 10.0. The second-order valence-corrected chi connectivity index (χ2v) is 4.88. The third kappa shape index (κ3) is 6.21. The van der Waals surface area contributed by atoms with Crippen LogP contribution in [0.4, 0.5) is 4.79 Å². The molecule has 7 heteroatoms. The minimum absolute atomic E-state index is 0.0382. The molecule has 3 N–H and O–H groups in total. The molecule has 1 saturated carbocycles. The van der Waals surface area contributed by atoms with E-state index >= 15 is 0 Å². The molecule has 20 heavy (non-hydrogen) atoms. The first-order valence-corrected chi connectivity index (χ1v) is 6.96. The number of rotatable bonds is 9. The number of hydrogen-bond donors (Lipinski definition) is 3. The minimum atomic E-state index is -0.763. The Morgan fingerprint density at radius 3 is 2.70 bits per heavy atom. The molecule has 2 amide bonds. The van der Waals surface area contributed by atoms with Crippen molar-refractivity contribution in [2.45, 2.75) is 19.3 Å². The first kappa shape index (κ1) is 16.7. The number of carbonyl (C=O) groups is 2. The number of carboxylic acids is 1. The lowest BCUT2D eigenvalue weighted by Crippen LogP contribution is -2.41. The van der Waals surface area contributed by atoms with Crippen LogP contribution < -0.4 is 10.6 Å². The van der Waals surface area contributed by atoms with E-state index in [1.807, 2.05) is 0 Å². The molecule has 0 saturated heterocycles. The average molecular weight is 288 g/mol. The van der Waals surface area contributed by atoms with Crippen molar-refractivity contribution in [3.63, 3.8) is 0 Å². The molecule has 1 rings (SSSR count). The van der Waals surface area contributed by atoms with Crippen LogP contribution in [0, 0.1) is 11.8 Å². The number of aliphatic carboxylic acids is 1. The van der Waals surface area contributed by atoms with Gasteiger partial charge in [0.05, 0.1) is 25.7 Å². The van der Waals surface area contributed by atoms with Crippen LogP contribution in [0.15, 0.2) is 0 Å². The van der Waals surface area contributed by atoms with E-state index in [9.17, 15) is 9.59 Å². The topological polar surface area (TPSA) is 96.9 Å². The highest BCUT2D eigenvalue weighted by molar-refractivity contribution is 5.74. The van der Waals surface area contributed by atoms with Gasteiger partial charge in [-0.3, -0.25) is 4.79 Å². The van der Waals surface area contributed by atoms with Gasteiger partial charge >= 0.3 is 12.0 Å². The van der Waals surface area contributed by atoms with Gasteiger partial charge in [-0.2, -0.15) is 0 Å². The van der Waals surface area contributed by atoms with Crippen LogP contribution in [0.5, 0.6) is 0 Å². The summed E-state index contributed by atoms with van der Waals surface area (Å²) in [5.74, 6) is -1.05. The van der Waals surface area contributed by atoms with Crippen molar-refractivity contribution in [2.24, 2.45) is 11.8 Å².